The van der Waals surface area contributed by atoms with Crippen LogP contribution in [0.2, 0.25) is 0 Å². The highest BCUT2D eigenvalue weighted by Crippen LogP contribution is 2.51. The van der Waals surface area contributed by atoms with Gasteiger partial charge in [0, 0.05) is 0 Å². The van der Waals surface area contributed by atoms with Crippen molar-refractivity contribution < 1.29 is 0 Å². The quantitative estimate of drug-likeness (QED) is 0.642. The molecule has 0 atom stereocenters. The fourth-order valence-corrected chi connectivity index (χ4v) is 2.96. The van der Waals surface area contributed by atoms with E-state index in [1.165, 1.54) is 45.3 Å². The third-order valence-electron chi connectivity index (χ3n) is 3.60. The SMILES string of the molecule is CNCC1CC2(CCNCC2)C1. The number of piperidine rings is 1. The van der Waals surface area contributed by atoms with Crippen molar-refractivity contribution in [3.05, 3.63) is 0 Å². The molecule has 12 heavy (non-hydrogen) atoms. The molecule has 0 radical (unpaired) electrons. The highest BCUT2D eigenvalue weighted by molar-refractivity contribution is 4.96. The summed E-state index contributed by atoms with van der Waals surface area (Å²) in [6.45, 7) is 3.74. The molecule has 1 saturated carbocycles. The van der Waals surface area contributed by atoms with Gasteiger partial charge in [-0.1, -0.05) is 0 Å². The van der Waals surface area contributed by atoms with Gasteiger partial charge in [0.1, 0.15) is 0 Å². The summed E-state index contributed by atoms with van der Waals surface area (Å²) in [5.41, 5.74) is 0.771. The Bertz CT molecular complexity index is 142. The first-order valence-electron chi connectivity index (χ1n) is 5.20. The maximum absolute atomic E-state index is 3.44. The summed E-state index contributed by atoms with van der Waals surface area (Å²) in [6.07, 6.45) is 5.81. The van der Waals surface area contributed by atoms with Crippen molar-refractivity contribution in [3.8, 4) is 0 Å². The van der Waals surface area contributed by atoms with E-state index in [1.54, 1.807) is 0 Å². The summed E-state index contributed by atoms with van der Waals surface area (Å²) in [5.74, 6) is 0.980. The summed E-state index contributed by atoms with van der Waals surface area (Å²) in [7, 11) is 2.06. The van der Waals surface area contributed by atoms with E-state index in [-0.39, 0.29) is 0 Å². The van der Waals surface area contributed by atoms with Crippen molar-refractivity contribution in [2.24, 2.45) is 11.3 Å². The molecule has 1 aliphatic carbocycles. The second-order valence-corrected chi connectivity index (χ2v) is 4.58. The molecule has 2 fully saturated rings. The molecular weight excluding hydrogens is 148 g/mol. The van der Waals surface area contributed by atoms with E-state index in [9.17, 15) is 0 Å². The van der Waals surface area contributed by atoms with E-state index in [2.05, 4.69) is 17.7 Å². The Morgan fingerprint density at radius 2 is 2.00 bits per heavy atom. The Balaban J connectivity index is 1.77. The van der Waals surface area contributed by atoms with Gasteiger partial charge in [-0.15, -0.1) is 0 Å². The number of nitrogens with one attached hydrogen (secondary N) is 2. The Hall–Kier alpha value is -0.0800. The van der Waals surface area contributed by atoms with Crippen LogP contribution in [-0.2, 0) is 0 Å². The van der Waals surface area contributed by atoms with E-state index < -0.39 is 0 Å². The van der Waals surface area contributed by atoms with E-state index in [1.807, 2.05) is 0 Å². The Kier molecular flexibility index (Phi) is 2.37. The van der Waals surface area contributed by atoms with Crippen molar-refractivity contribution in [1.82, 2.24) is 10.6 Å². The third-order valence-corrected chi connectivity index (χ3v) is 3.60. The van der Waals surface area contributed by atoms with Crippen LogP contribution >= 0.6 is 0 Å². The minimum absolute atomic E-state index is 0.771. The van der Waals surface area contributed by atoms with Crippen molar-refractivity contribution in [3.63, 3.8) is 0 Å². The van der Waals surface area contributed by atoms with Gasteiger partial charge in [-0.05, 0) is 63.7 Å². The third kappa shape index (κ3) is 1.50. The lowest BCUT2D eigenvalue weighted by atomic mass is 9.58. The van der Waals surface area contributed by atoms with Crippen molar-refractivity contribution in [2.45, 2.75) is 25.7 Å². The molecule has 0 aromatic carbocycles. The normalized spacial score (nSPS) is 28.8. The predicted octanol–water partition coefficient (Wildman–Crippen LogP) is 0.986. The van der Waals surface area contributed by atoms with Crippen LogP contribution in [0.25, 0.3) is 0 Å². The summed E-state index contributed by atoms with van der Waals surface area (Å²) in [5, 5.41) is 6.72. The van der Waals surface area contributed by atoms with Gasteiger partial charge in [0.05, 0.1) is 0 Å². The second-order valence-electron chi connectivity index (χ2n) is 4.58. The molecule has 2 N–H and O–H groups in total. The number of rotatable bonds is 2. The summed E-state index contributed by atoms with van der Waals surface area (Å²) >= 11 is 0. The van der Waals surface area contributed by atoms with Crippen LogP contribution in [0, 0.1) is 11.3 Å². The molecular formula is C10H20N2. The van der Waals surface area contributed by atoms with Gasteiger partial charge in [0.2, 0.25) is 0 Å². The van der Waals surface area contributed by atoms with Crippen LogP contribution in [0.5, 0.6) is 0 Å². The first-order chi connectivity index (χ1) is 5.85. The van der Waals surface area contributed by atoms with E-state index >= 15 is 0 Å². The second kappa shape index (κ2) is 3.35. The summed E-state index contributed by atoms with van der Waals surface area (Å²) < 4.78 is 0. The summed E-state index contributed by atoms with van der Waals surface area (Å²) in [4.78, 5) is 0. The molecule has 0 aromatic heterocycles. The maximum Gasteiger partial charge on any atom is -0.00231 e. The first kappa shape index (κ1) is 8.52. The predicted molar refractivity (Wildman–Crippen MR) is 51.2 cm³/mol. The Labute approximate surface area is 75.1 Å². The van der Waals surface area contributed by atoms with Gasteiger partial charge in [0.25, 0.3) is 0 Å². The maximum atomic E-state index is 3.44. The average molecular weight is 168 g/mol. The molecule has 1 heterocycles. The molecule has 0 bridgehead atoms. The van der Waals surface area contributed by atoms with E-state index in [0.29, 0.717) is 0 Å². The van der Waals surface area contributed by atoms with Crippen LogP contribution in [-0.4, -0.2) is 26.7 Å². The van der Waals surface area contributed by atoms with Gasteiger partial charge < -0.3 is 10.6 Å². The largest absolute Gasteiger partial charge is 0.319 e. The average Bonchev–Trinajstić information content (AvgIpc) is 2.04. The molecule has 2 nitrogen and oxygen atoms in total. The Morgan fingerprint density at radius 1 is 1.33 bits per heavy atom. The highest BCUT2D eigenvalue weighted by atomic mass is 14.9. The fraction of sp³-hybridized carbons (Fsp3) is 1.00. The van der Waals surface area contributed by atoms with Gasteiger partial charge in [-0.3, -0.25) is 0 Å². The molecule has 2 aliphatic rings. The zero-order chi connectivity index (χ0) is 8.44. The number of hydrogen-bond acceptors (Lipinski definition) is 2. The molecule has 2 rings (SSSR count). The van der Waals surface area contributed by atoms with E-state index in [4.69, 9.17) is 0 Å². The zero-order valence-electron chi connectivity index (χ0n) is 8.03. The van der Waals surface area contributed by atoms with Gasteiger partial charge in [0.15, 0.2) is 0 Å². The highest BCUT2D eigenvalue weighted by Gasteiger charge is 2.43. The van der Waals surface area contributed by atoms with E-state index in [0.717, 1.165) is 11.3 Å². The Morgan fingerprint density at radius 3 is 2.58 bits per heavy atom. The number of hydrogen-bond donors (Lipinski definition) is 2. The van der Waals surface area contributed by atoms with Crippen LogP contribution in [0.3, 0.4) is 0 Å². The smallest absolute Gasteiger partial charge is 0.00231 e. The summed E-state index contributed by atoms with van der Waals surface area (Å²) in [6, 6.07) is 0. The van der Waals surface area contributed by atoms with Gasteiger partial charge in [-0.25, -0.2) is 0 Å². The molecule has 0 amide bonds. The molecule has 0 unspecified atom stereocenters. The minimum Gasteiger partial charge on any atom is -0.319 e. The van der Waals surface area contributed by atoms with Crippen LogP contribution in [0.1, 0.15) is 25.7 Å². The van der Waals surface area contributed by atoms with Crippen LogP contribution in [0.4, 0.5) is 0 Å². The van der Waals surface area contributed by atoms with Gasteiger partial charge >= 0.3 is 0 Å². The van der Waals surface area contributed by atoms with Gasteiger partial charge in [-0.2, -0.15) is 0 Å². The minimum atomic E-state index is 0.771. The molecule has 1 saturated heterocycles. The van der Waals surface area contributed by atoms with Crippen molar-refractivity contribution >= 4 is 0 Å². The molecule has 1 spiro atoms. The topological polar surface area (TPSA) is 24.1 Å². The molecule has 1 aliphatic heterocycles. The molecule has 2 heteroatoms. The van der Waals surface area contributed by atoms with Crippen LogP contribution in [0.15, 0.2) is 0 Å². The zero-order valence-corrected chi connectivity index (χ0v) is 8.03. The standard InChI is InChI=1S/C10H20N2/c1-11-8-9-6-10(7-9)2-4-12-5-3-10/h9,11-12H,2-8H2,1H3. The first-order valence-corrected chi connectivity index (χ1v) is 5.20. The lowest BCUT2D eigenvalue weighted by molar-refractivity contribution is 0.0231. The monoisotopic (exact) mass is 168 g/mol. The fourth-order valence-electron chi connectivity index (χ4n) is 2.96. The van der Waals surface area contributed by atoms with Crippen molar-refractivity contribution in [2.75, 3.05) is 26.7 Å². The van der Waals surface area contributed by atoms with Crippen molar-refractivity contribution in [1.29, 1.82) is 0 Å². The molecule has 70 valence electrons. The molecule has 0 aromatic rings. The lowest BCUT2D eigenvalue weighted by Gasteiger charge is -2.50. The lowest BCUT2D eigenvalue weighted by Crippen LogP contribution is -2.47. The van der Waals surface area contributed by atoms with Crippen LogP contribution < -0.4 is 10.6 Å².